The van der Waals surface area contributed by atoms with Gasteiger partial charge >= 0.3 is 0 Å². The summed E-state index contributed by atoms with van der Waals surface area (Å²) in [4.78, 5) is 0. The minimum atomic E-state index is 0.108. The summed E-state index contributed by atoms with van der Waals surface area (Å²) in [5.41, 5.74) is 0. The summed E-state index contributed by atoms with van der Waals surface area (Å²) in [6, 6.07) is 0. The molecule has 8 heavy (non-hydrogen) atoms. The summed E-state index contributed by atoms with van der Waals surface area (Å²) in [7, 11) is 0. The van der Waals surface area contributed by atoms with Crippen molar-refractivity contribution < 1.29 is 5.11 Å². The lowest BCUT2D eigenvalue weighted by molar-refractivity contribution is 0.343. The molecule has 0 spiro atoms. The first-order valence-electron chi connectivity index (χ1n) is 2.37. The summed E-state index contributed by atoms with van der Waals surface area (Å²) >= 11 is 3.23. The fourth-order valence-electron chi connectivity index (χ4n) is 0.261. The molecular formula is C6H9BrO. The van der Waals surface area contributed by atoms with E-state index in [1.807, 2.05) is 13.0 Å². The first-order chi connectivity index (χ1) is 3.77. The van der Waals surface area contributed by atoms with E-state index in [-0.39, 0.29) is 6.61 Å². The van der Waals surface area contributed by atoms with Crippen LogP contribution >= 0.6 is 15.9 Å². The number of aliphatic hydroxyl groups excluding tert-OH is 1. The first-order valence-corrected chi connectivity index (χ1v) is 3.16. The largest absolute Gasteiger partial charge is 0.392 e. The number of hydrogen-bond donors (Lipinski definition) is 1. The van der Waals surface area contributed by atoms with E-state index in [4.69, 9.17) is 5.11 Å². The van der Waals surface area contributed by atoms with E-state index >= 15 is 0 Å². The lowest BCUT2D eigenvalue weighted by atomic mass is 10.4. The molecule has 0 fully saturated rings. The zero-order chi connectivity index (χ0) is 6.41. The van der Waals surface area contributed by atoms with E-state index in [0.29, 0.717) is 0 Å². The summed E-state index contributed by atoms with van der Waals surface area (Å²) in [6.07, 6.45) is 5.34. The molecule has 0 saturated carbocycles. The van der Waals surface area contributed by atoms with Crippen LogP contribution < -0.4 is 0 Å². The van der Waals surface area contributed by atoms with Crippen LogP contribution in [0.5, 0.6) is 0 Å². The Bertz CT molecular complexity index is 101. The van der Waals surface area contributed by atoms with Crippen LogP contribution in [0.1, 0.15) is 6.92 Å². The van der Waals surface area contributed by atoms with Crippen molar-refractivity contribution in [2.75, 3.05) is 6.61 Å². The Morgan fingerprint density at radius 3 is 2.75 bits per heavy atom. The van der Waals surface area contributed by atoms with Crippen LogP contribution in [0.2, 0.25) is 0 Å². The van der Waals surface area contributed by atoms with Crippen molar-refractivity contribution >= 4 is 15.9 Å². The van der Waals surface area contributed by atoms with Gasteiger partial charge in [0.25, 0.3) is 0 Å². The molecule has 0 heterocycles. The van der Waals surface area contributed by atoms with E-state index in [0.717, 1.165) is 4.48 Å². The van der Waals surface area contributed by atoms with Gasteiger partial charge in [-0.25, -0.2) is 0 Å². The normalized spacial score (nSPS) is 13.1. The minimum Gasteiger partial charge on any atom is -0.392 e. The molecule has 0 aromatic rings. The van der Waals surface area contributed by atoms with E-state index in [2.05, 4.69) is 15.9 Å². The van der Waals surface area contributed by atoms with Gasteiger partial charge in [-0.1, -0.05) is 34.2 Å². The van der Waals surface area contributed by atoms with E-state index < -0.39 is 0 Å². The maximum atomic E-state index is 8.25. The van der Waals surface area contributed by atoms with Gasteiger partial charge in [-0.2, -0.15) is 0 Å². The number of aliphatic hydroxyl groups is 1. The smallest absolute Gasteiger partial charge is 0.0615 e. The Labute approximate surface area is 57.8 Å². The van der Waals surface area contributed by atoms with Crippen molar-refractivity contribution in [3.8, 4) is 0 Å². The molecule has 1 N–H and O–H groups in total. The number of halogens is 1. The molecular weight excluding hydrogens is 168 g/mol. The molecule has 46 valence electrons. The molecule has 0 unspecified atom stereocenters. The summed E-state index contributed by atoms with van der Waals surface area (Å²) in [6.45, 7) is 2.04. The molecule has 0 aromatic carbocycles. The van der Waals surface area contributed by atoms with Gasteiger partial charge in [-0.15, -0.1) is 0 Å². The van der Waals surface area contributed by atoms with Crippen molar-refractivity contribution in [1.29, 1.82) is 0 Å². The molecule has 1 nitrogen and oxygen atoms in total. The van der Waals surface area contributed by atoms with Crippen LogP contribution in [0.25, 0.3) is 0 Å². The van der Waals surface area contributed by atoms with Crippen LogP contribution in [0.3, 0.4) is 0 Å². The van der Waals surface area contributed by atoms with Crippen LogP contribution in [-0.4, -0.2) is 11.7 Å². The Morgan fingerprint density at radius 2 is 2.38 bits per heavy atom. The van der Waals surface area contributed by atoms with E-state index in [1.165, 1.54) is 0 Å². The number of hydrogen-bond acceptors (Lipinski definition) is 1. The molecule has 0 bridgehead atoms. The number of rotatable bonds is 2. The Morgan fingerprint density at radius 1 is 1.75 bits per heavy atom. The van der Waals surface area contributed by atoms with Crippen LogP contribution in [-0.2, 0) is 0 Å². The van der Waals surface area contributed by atoms with Crippen LogP contribution in [0.4, 0.5) is 0 Å². The van der Waals surface area contributed by atoms with Crippen molar-refractivity contribution in [3.05, 3.63) is 22.7 Å². The van der Waals surface area contributed by atoms with Gasteiger partial charge in [0.2, 0.25) is 0 Å². The average molecular weight is 177 g/mol. The fraction of sp³-hybridized carbons (Fsp3) is 0.333. The average Bonchev–Trinajstić information content (AvgIpc) is 1.66. The Hall–Kier alpha value is -0.0800. The predicted molar refractivity (Wildman–Crippen MR) is 38.9 cm³/mol. The van der Waals surface area contributed by atoms with Gasteiger partial charge in [-0.3, -0.25) is 0 Å². The molecule has 0 saturated heterocycles. The molecule has 0 rings (SSSR count). The zero-order valence-corrected chi connectivity index (χ0v) is 6.35. The van der Waals surface area contributed by atoms with Gasteiger partial charge < -0.3 is 5.11 Å². The third kappa shape index (κ3) is 5.92. The highest BCUT2D eigenvalue weighted by molar-refractivity contribution is 9.11. The standard InChI is InChI=1S/C6H9BrO/c1-6(7)4-2-3-5-8/h2-4,8H,5H2,1H3/b3-2-,6-4+. The Kier molecular flexibility index (Phi) is 5.01. The highest BCUT2D eigenvalue weighted by Gasteiger charge is 1.70. The highest BCUT2D eigenvalue weighted by atomic mass is 79.9. The quantitative estimate of drug-likeness (QED) is 0.638. The van der Waals surface area contributed by atoms with Gasteiger partial charge in [-0.05, 0) is 11.4 Å². The first kappa shape index (κ1) is 7.92. The van der Waals surface area contributed by atoms with Crippen molar-refractivity contribution in [2.24, 2.45) is 0 Å². The van der Waals surface area contributed by atoms with E-state index in [9.17, 15) is 0 Å². The third-order valence-corrected chi connectivity index (χ3v) is 0.832. The lowest BCUT2D eigenvalue weighted by Crippen LogP contribution is -1.67. The zero-order valence-electron chi connectivity index (χ0n) is 4.76. The third-order valence-electron chi connectivity index (χ3n) is 0.567. The molecule has 0 aliphatic rings. The van der Waals surface area contributed by atoms with Gasteiger partial charge in [0.15, 0.2) is 0 Å². The SMILES string of the molecule is C/C(Br)=C\C=C/CO. The van der Waals surface area contributed by atoms with Crippen molar-refractivity contribution in [3.63, 3.8) is 0 Å². The lowest BCUT2D eigenvalue weighted by Gasteiger charge is -1.77. The summed E-state index contributed by atoms with van der Waals surface area (Å²) < 4.78 is 1.06. The predicted octanol–water partition coefficient (Wildman–Crippen LogP) is 1.83. The topological polar surface area (TPSA) is 20.2 Å². The van der Waals surface area contributed by atoms with Crippen LogP contribution in [0.15, 0.2) is 22.7 Å². The van der Waals surface area contributed by atoms with Gasteiger partial charge in [0.1, 0.15) is 0 Å². The molecule has 0 amide bonds. The maximum Gasteiger partial charge on any atom is 0.0615 e. The monoisotopic (exact) mass is 176 g/mol. The van der Waals surface area contributed by atoms with Crippen LogP contribution in [0, 0.1) is 0 Å². The fourth-order valence-corrected chi connectivity index (χ4v) is 0.414. The second kappa shape index (κ2) is 5.06. The molecule has 0 aliphatic heterocycles. The minimum absolute atomic E-state index is 0.108. The van der Waals surface area contributed by atoms with Crippen molar-refractivity contribution in [2.45, 2.75) is 6.92 Å². The molecule has 0 radical (unpaired) electrons. The Balaban J connectivity index is 3.42. The highest BCUT2D eigenvalue weighted by Crippen LogP contribution is 2.00. The summed E-state index contributed by atoms with van der Waals surface area (Å²) in [5.74, 6) is 0. The second-order valence-corrected chi connectivity index (χ2v) is 2.61. The molecule has 2 heteroatoms. The number of allylic oxidation sites excluding steroid dienone is 3. The maximum absolute atomic E-state index is 8.25. The molecule has 0 aliphatic carbocycles. The van der Waals surface area contributed by atoms with Gasteiger partial charge in [0, 0.05) is 0 Å². The second-order valence-electron chi connectivity index (χ2n) is 1.36. The van der Waals surface area contributed by atoms with Gasteiger partial charge in [0.05, 0.1) is 6.61 Å². The summed E-state index contributed by atoms with van der Waals surface area (Å²) in [5, 5.41) is 8.25. The van der Waals surface area contributed by atoms with Crippen molar-refractivity contribution in [1.82, 2.24) is 0 Å². The van der Waals surface area contributed by atoms with E-state index in [1.54, 1.807) is 12.2 Å². The molecule has 0 aromatic heterocycles. The molecule has 0 atom stereocenters.